The lowest BCUT2D eigenvalue weighted by atomic mass is 10.2. The van der Waals surface area contributed by atoms with E-state index in [-0.39, 0.29) is 24.6 Å². The van der Waals surface area contributed by atoms with Crippen LogP contribution < -0.4 is 10.6 Å². The first-order valence-electron chi connectivity index (χ1n) is 5.13. The van der Waals surface area contributed by atoms with E-state index in [9.17, 15) is 14.0 Å². The molecule has 0 aromatic heterocycles. The van der Waals surface area contributed by atoms with Crippen LogP contribution in [0.5, 0.6) is 0 Å². The maximum atomic E-state index is 13.2. The fourth-order valence-corrected chi connectivity index (χ4v) is 1.30. The van der Waals surface area contributed by atoms with Gasteiger partial charge in [0.15, 0.2) is 0 Å². The Labute approximate surface area is 112 Å². The molecule has 0 bridgehead atoms. The number of amides is 2. The summed E-state index contributed by atoms with van der Waals surface area (Å²) in [5, 5.41) is 4.84. The number of carbonyl (C=O) groups excluding carboxylic acids is 2. The Kier molecular flexibility index (Phi) is 5.51. The summed E-state index contributed by atoms with van der Waals surface area (Å²) < 4.78 is 13.9. The predicted molar refractivity (Wildman–Crippen MR) is 69.8 cm³/mol. The zero-order chi connectivity index (χ0) is 13.5. The van der Waals surface area contributed by atoms with Gasteiger partial charge >= 0.3 is 0 Å². The molecule has 0 saturated carbocycles. The van der Waals surface area contributed by atoms with E-state index in [2.05, 4.69) is 33.1 Å². The number of carbonyl (C=O) groups is 2. The van der Waals surface area contributed by atoms with E-state index in [0.717, 1.165) is 0 Å². The van der Waals surface area contributed by atoms with Gasteiger partial charge in [0.2, 0.25) is 5.91 Å². The highest BCUT2D eigenvalue weighted by Crippen LogP contribution is 2.05. The van der Waals surface area contributed by atoms with Gasteiger partial charge < -0.3 is 10.6 Å². The van der Waals surface area contributed by atoms with Crippen molar-refractivity contribution in [3.63, 3.8) is 0 Å². The average molecular weight is 315 g/mol. The minimum atomic E-state index is -0.624. The largest absolute Gasteiger partial charge is 0.350 e. The minimum absolute atomic E-state index is 0.0878. The van der Waals surface area contributed by atoms with E-state index < -0.39 is 11.7 Å². The SMILES string of the molecule is C=C(Br)CNC(=O)CNC(=O)c1ccccc1F. The Balaban J connectivity index is 2.45. The lowest BCUT2D eigenvalue weighted by Gasteiger charge is -2.06. The highest BCUT2D eigenvalue weighted by Gasteiger charge is 2.11. The molecule has 0 fully saturated rings. The highest BCUT2D eigenvalue weighted by molar-refractivity contribution is 9.11. The Morgan fingerprint density at radius 2 is 1.89 bits per heavy atom. The number of nitrogens with one attached hydrogen (secondary N) is 2. The number of benzene rings is 1. The molecule has 1 rings (SSSR count). The van der Waals surface area contributed by atoms with Crippen LogP contribution in [0.15, 0.2) is 35.3 Å². The van der Waals surface area contributed by atoms with Gasteiger partial charge in [0.25, 0.3) is 5.91 Å². The van der Waals surface area contributed by atoms with Crippen molar-refractivity contribution in [1.29, 1.82) is 0 Å². The molecule has 2 amide bonds. The maximum Gasteiger partial charge on any atom is 0.254 e. The zero-order valence-electron chi connectivity index (χ0n) is 9.50. The molecule has 1 aromatic rings. The Morgan fingerprint density at radius 3 is 2.50 bits per heavy atom. The second-order valence-corrected chi connectivity index (χ2v) is 4.58. The van der Waals surface area contributed by atoms with Gasteiger partial charge in [-0.15, -0.1) is 0 Å². The third-order valence-electron chi connectivity index (χ3n) is 2.01. The number of hydrogen-bond donors (Lipinski definition) is 2. The van der Waals surface area contributed by atoms with Crippen molar-refractivity contribution < 1.29 is 14.0 Å². The van der Waals surface area contributed by atoms with Crippen molar-refractivity contribution in [2.45, 2.75) is 0 Å². The summed E-state index contributed by atoms with van der Waals surface area (Å²) in [4.78, 5) is 22.8. The molecule has 18 heavy (non-hydrogen) atoms. The average Bonchev–Trinajstić information content (AvgIpc) is 2.34. The van der Waals surface area contributed by atoms with Crippen LogP contribution in [0.25, 0.3) is 0 Å². The molecule has 0 heterocycles. The Hall–Kier alpha value is -1.69. The van der Waals surface area contributed by atoms with Gasteiger partial charge in [-0.2, -0.15) is 0 Å². The van der Waals surface area contributed by atoms with Crippen LogP contribution >= 0.6 is 15.9 Å². The summed E-state index contributed by atoms with van der Waals surface area (Å²) >= 11 is 3.08. The van der Waals surface area contributed by atoms with Crippen molar-refractivity contribution in [2.75, 3.05) is 13.1 Å². The molecule has 4 nitrogen and oxygen atoms in total. The predicted octanol–water partition coefficient (Wildman–Crippen LogP) is 1.58. The molecule has 0 atom stereocenters. The summed E-state index contributed by atoms with van der Waals surface area (Å²) in [6, 6.07) is 5.57. The third-order valence-corrected chi connectivity index (χ3v) is 2.29. The van der Waals surface area contributed by atoms with Gasteiger partial charge in [0.05, 0.1) is 12.1 Å². The van der Waals surface area contributed by atoms with Crippen molar-refractivity contribution in [3.8, 4) is 0 Å². The second-order valence-electron chi connectivity index (χ2n) is 3.46. The summed E-state index contributed by atoms with van der Waals surface area (Å²) in [5.41, 5.74) is -0.0878. The second kappa shape index (κ2) is 6.90. The smallest absolute Gasteiger partial charge is 0.254 e. The van der Waals surface area contributed by atoms with Crippen LogP contribution in [0.3, 0.4) is 0 Å². The summed E-state index contributed by atoms with van der Waals surface area (Å²) in [6.07, 6.45) is 0. The first kappa shape index (κ1) is 14.4. The monoisotopic (exact) mass is 314 g/mol. The van der Waals surface area contributed by atoms with Gasteiger partial charge in [0.1, 0.15) is 5.82 Å². The van der Waals surface area contributed by atoms with Gasteiger partial charge in [-0.3, -0.25) is 9.59 Å². The lowest BCUT2D eigenvalue weighted by molar-refractivity contribution is -0.119. The molecule has 0 aliphatic carbocycles. The molecule has 96 valence electrons. The highest BCUT2D eigenvalue weighted by atomic mass is 79.9. The van der Waals surface area contributed by atoms with Crippen molar-refractivity contribution >= 4 is 27.7 Å². The van der Waals surface area contributed by atoms with E-state index in [1.54, 1.807) is 6.07 Å². The Morgan fingerprint density at radius 1 is 1.22 bits per heavy atom. The summed E-state index contributed by atoms with van der Waals surface area (Å²) in [7, 11) is 0. The van der Waals surface area contributed by atoms with E-state index in [4.69, 9.17) is 0 Å². The molecule has 0 unspecified atom stereocenters. The van der Waals surface area contributed by atoms with Crippen LogP contribution in [-0.2, 0) is 4.79 Å². The number of rotatable bonds is 5. The first-order chi connectivity index (χ1) is 8.50. The number of halogens is 2. The van der Waals surface area contributed by atoms with Crippen LogP contribution in [0.2, 0.25) is 0 Å². The molecule has 1 aromatic carbocycles. The standard InChI is InChI=1S/C12H12BrFN2O2/c1-8(13)6-15-11(17)7-16-12(18)9-4-2-3-5-10(9)14/h2-5H,1,6-7H2,(H,15,17)(H,16,18). The van der Waals surface area contributed by atoms with Crippen LogP contribution in [0, 0.1) is 5.82 Å². The molecule has 2 N–H and O–H groups in total. The molecule has 6 heteroatoms. The van der Waals surface area contributed by atoms with E-state index in [1.165, 1.54) is 18.2 Å². The van der Waals surface area contributed by atoms with Gasteiger partial charge in [-0.1, -0.05) is 34.6 Å². The van der Waals surface area contributed by atoms with E-state index >= 15 is 0 Å². The fraction of sp³-hybridized carbons (Fsp3) is 0.167. The normalized spacial score (nSPS) is 9.67. The molecular formula is C12H12BrFN2O2. The van der Waals surface area contributed by atoms with Gasteiger partial charge in [0, 0.05) is 11.0 Å². The Bertz CT molecular complexity index is 477. The van der Waals surface area contributed by atoms with Gasteiger partial charge in [-0.25, -0.2) is 4.39 Å². The maximum absolute atomic E-state index is 13.2. The molecule has 0 radical (unpaired) electrons. The molecule has 0 aliphatic heterocycles. The van der Waals surface area contributed by atoms with Crippen molar-refractivity contribution in [3.05, 3.63) is 46.7 Å². The molecule has 0 spiro atoms. The molecule has 0 saturated heterocycles. The fourth-order valence-electron chi connectivity index (χ4n) is 1.16. The summed E-state index contributed by atoms with van der Waals surface area (Å²) in [5.74, 6) is -1.62. The quantitative estimate of drug-likeness (QED) is 0.867. The van der Waals surface area contributed by atoms with Gasteiger partial charge in [-0.05, 0) is 12.1 Å². The minimum Gasteiger partial charge on any atom is -0.350 e. The van der Waals surface area contributed by atoms with Crippen LogP contribution in [0.1, 0.15) is 10.4 Å². The third kappa shape index (κ3) is 4.67. The lowest BCUT2D eigenvalue weighted by Crippen LogP contribution is -2.37. The van der Waals surface area contributed by atoms with Crippen molar-refractivity contribution in [1.82, 2.24) is 10.6 Å². The van der Waals surface area contributed by atoms with Crippen molar-refractivity contribution in [2.24, 2.45) is 0 Å². The molecular weight excluding hydrogens is 303 g/mol. The number of hydrogen-bond acceptors (Lipinski definition) is 2. The van der Waals surface area contributed by atoms with E-state index in [0.29, 0.717) is 4.48 Å². The zero-order valence-corrected chi connectivity index (χ0v) is 11.1. The summed E-state index contributed by atoms with van der Waals surface area (Å²) in [6.45, 7) is 3.60. The van der Waals surface area contributed by atoms with Crippen LogP contribution in [0.4, 0.5) is 4.39 Å². The van der Waals surface area contributed by atoms with Crippen LogP contribution in [-0.4, -0.2) is 24.9 Å². The topological polar surface area (TPSA) is 58.2 Å². The molecule has 0 aliphatic rings. The van der Waals surface area contributed by atoms with E-state index in [1.807, 2.05) is 0 Å². The first-order valence-corrected chi connectivity index (χ1v) is 5.92.